The van der Waals surface area contributed by atoms with Gasteiger partial charge in [0.25, 0.3) is 5.91 Å². The molecule has 7 aliphatic rings. The van der Waals surface area contributed by atoms with Crippen LogP contribution in [0.15, 0.2) is 30.6 Å². The number of hydrogen-bond acceptors (Lipinski definition) is 8. The molecule has 3 aromatic rings. The Morgan fingerprint density at radius 3 is 2.47 bits per heavy atom. The number of aromatic nitrogens is 4. The molecule has 1 spiro atoms. The summed E-state index contributed by atoms with van der Waals surface area (Å²) in [6, 6.07) is 5.70. The monoisotopic (exact) mass is 706 g/mol. The molecule has 5 fully saturated rings. The Labute approximate surface area is 292 Å². The zero-order valence-electron chi connectivity index (χ0n) is 28.4. The summed E-state index contributed by atoms with van der Waals surface area (Å²) in [4.78, 5) is 36.7. The van der Waals surface area contributed by atoms with Crippen molar-refractivity contribution >= 4 is 23.5 Å². The van der Waals surface area contributed by atoms with Crippen LogP contribution in [0, 0.1) is 23.7 Å². The number of aryl methyl sites for hydroxylation is 1. The van der Waals surface area contributed by atoms with E-state index in [0.717, 1.165) is 37.4 Å². The van der Waals surface area contributed by atoms with Crippen molar-refractivity contribution in [3.63, 3.8) is 0 Å². The van der Waals surface area contributed by atoms with Gasteiger partial charge in [-0.1, -0.05) is 0 Å². The van der Waals surface area contributed by atoms with E-state index in [1.807, 2.05) is 36.1 Å². The molecule has 4 heterocycles. The quantitative estimate of drug-likeness (QED) is 0.347. The number of aliphatic carboxylic acids is 1. The smallest absolute Gasteiger partial charge is 0.434 e. The third-order valence-corrected chi connectivity index (χ3v) is 13.0. The fourth-order valence-electron chi connectivity index (χ4n) is 10.7. The topological polar surface area (TPSA) is 132 Å². The lowest BCUT2D eigenvalue weighted by atomic mass is 9.48. The maximum atomic E-state index is 14.8. The average molecular weight is 707 g/mol. The fraction of sp³-hybridized carbons (Fsp3) is 0.595. The summed E-state index contributed by atoms with van der Waals surface area (Å²) in [5.41, 5.74) is -0.139. The van der Waals surface area contributed by atoms with Gasteiger partial charge in [-0.15, -0.1) is 0 Å². The Kier molecular flexibility index (Phi) is 7.47. The number of anilines is 2. The van der Waals surface area contributed by atoms with Gasteiger partial charge >= 0.3 is 12.1 Å². The van der Waals surface area contributed by atoms with Crippen molar-refractivity contribution in [2.45, 2.75) is 87.4 Å². The van der Waals surface area contributed by atoms with Crippen LogP contribution in [0.4, 0.5) is 24.8 Å². The summed E-state index contributed by atoms with van der Waals surface area (Å²) in [5.74, 6) is -1.59. The van der Waals surface area contributed by atoms with Crippen molar-refractivity contribution in [3.05, 3.63) is 58.7 Å². The van der Waals surface area contributed by atoms with E-state index in [-0.39, 0.29) is 23.9 Å². The molecule has 1 saturated heterocycles. The van der Waals surface area contributed by atoms with E-state index in [4.69, 9.17) is 9.47 Å². The van der Waals surface area contributed by atoms with E-state index in [9.17, 15) is 27.9 Å². The van der Waals surface area contributed by atoms with Gasteiger partial charge in [-0.25, -0.2) is 14.8 Å². The highest BCUT2D eigenvalue weighted by atomic mass is 19.4. The van der Waals surface area contributed by atoms with E-state index in [0.29, 0.717) is 81.6 Å². The second-order valence-corrected chi connectivity index (χ2v) is 15.7. The van der Waals surface area contributed by atoms with Crippen molar-refractivity contribution in [2.24, 2.45) is 30.7 Å². The lowest BCUT2D eigenvalue weighted by Gasteiger charge is -2.59. The van der Waals surface area contributed by atoms with Gasteiger partial charge in [0.05, 0.1) is 11.8 Å². The van der Waals surface area contributed by atoms with E-state index in [1.54, 1.807) is 4.90 Å². The van der Waals surface area contributed by atoms with Crippen LogP contribution >= 0.6 is 0 Å². The number of amides is 1. The van der Waals surface area contributed by atoms with Gasteiger partial charge in [-0.2, -0.15) is 18.3 Å². The summed E-state index contributed by atoms with van der Waals surface area (Å²) in [6.45, 7) is 1.36. The molecule has 1 atom stereocenters. The molecule has 2 N–H and O–H groups in total. The Hall–Kier alpha value is -4.20. The first-order valence-corrected chi connectivity index (χ1v) is 18.1. The molecular weight excluding hydrogens is 665 g/mol. The number of carboxylic acid groups (broad SMARTS) is 1. The molecule has 270 valence electrons. The summed E-state index contributed by atoms with van der Waals surface area (Å²) in [7, 11) is 1.95. The zero-order valence-corrected chi connectivity index (χ0v) is 28.4. The molecule has 0 radical (unpaired) electrons. The van der Waals surface area contributed by atoms with Crippen LogP contribution in [0.1, 0.15) is 84.2 Å². The molecule has 10 rings (SSSR count). The second-order valence-electron chi connectivity index (χ2n) is 15.7. The number of nitrogens with one attached hydrogen (secondary N) is 1. The molecule has 5 aliphatic carbocycles. The third kappa shape index (κ3) is 5.22. The SMILES string of the molecule is Cn1ncc2c1CCC(Oc1ccc3c(c1)C1(CCOCC1)CN3c1ncc(C(=O)NC3(C(=O)O)C4CC5CC(C4)CC3C5)c(C(F)(F)F)n1)C2. The first kappa shape index (κ1) is 32.7. The maximum Gasteiger partial charge on any atom is 0.434 e. The fourth-order valence-corrected chi connectivity index (χ4v) is 10.7. The zero-order chi connectivity index (χ0) is 35.3. The molecule has 1 aromatic carbocycles. The lowest BCUT2D eigenvalue weighted by Crippen LogP contribution is -2.70. The van der Waals surface area contributed by atoms with Gasteiger partial charge in [0.1, 0.15) is 17.4 Å². The summed E-state index contributed by atoms with van der Waals surface area (Å²) in [5, 5.41) is 17.5. The molecule has 11 nitrogen and oxygen atoms in total. The number of carbonyl (C=O) groups is 2. The number of carbonyl (C=O) groups excluding carboxylic acids is 1. The van der Waals surface area contributed by atoms with Crippen molar-refractivity contribution < 1.29 is 37.3 Å². The number of hydrogen-bond donors (Lipinski definition) is 2. The summed E-state index contributed by atoms with van der Waals surface area (Å²) < 4.78 is 58.4. The minimum absolute atomic E-state index is 0.0293. The average Bonchev–Trinajstić information content (AvgIpc) is 3.62. The van der Waals surface area contributed by atoms with E-state index in [1.165, 1.54) is 11.3 Å². The number of fused-ring (bicyclic) bond motifs is 3. The van der Waals surface area contributed by atoms with Crippen LogP contribution in [-0.4, -0.2) is 68.1 Å². The third-order valence-electron chi connectivity index (χ3n) is 13.0. The van der Waals surface area contributed by atoms with Crippen molar-refractivity contribution in [3.8, 4) is 5.75 Å². The molecule has 1 unspecified atom stereocenters. The molecule has 2 aliphatic heterocycles. The number of halogens is 3. The molecule has 51 heavy (non-hydrogen) atoms. The van der Waals surface area contributed by atoms with E-state index in [2.05, 4.69) is 20.4 Å². The highest BCUT2D eigenvalue weighted by Gasteiger charge is 2.62. The van der Waals surface area contributed by atoms with Gasteiger partial charge < -0.3 is 24.8 Å². The maximum absolute atomic E-state index is 14.8. The van der Waals surface area contributed by atoms with Gasteiger partial charge in [0.15, 0.2) is 5.69 Å². The van der Waals surface area contributed by atoms with Crippen molar-refractivity contribution in [1.29, 1.82) is 0 Å². The molecular formula is C37H41F3N6O5. The Bertz CT molecular complexity index is 1880. The predicted octanol–water partition coefficient (Wildman–Crippen LogP) is 5.37. The van der Waals surface area contributed by atoms with Gasteiger partial charge in [-0.3, -0.25) is 9.48 Å². The van der Waals surface area contributed by atoms with Gasteiger partial charge in [-0.05, 0) is 111 Å². The molecule has 1 amide bonds. The van der Waals surface area contributed by atoms with Crippen LogP contribution in [0.2, 0.25) is 0 Å². The number of benzene rings is 1. The van der Waals surface area contributed by atoms with Crippen molar-refractivity contribution in [2.75, 3.05) is 24.7 Å². The highest BCUT2D eigenvalue weighted by molar-refractivity contribution is 5.99. The first-order chi connectivity index (χ1) is 24.4. The molecule has 4 saturated carbocycles. The van der Waals surface area contributed by atoms with Crippen LogP contribution in [0.3, 0.4) is 0 Å². The second kappa shape index (κ2) is 11.7. The largest absolute Gasteiger partial charge is 0.490 e. The van der Waals surface area contributed by atoms with Gasteiger partial charge in [0.2, 0.25) is 5.95 Å². The normalized spacial score (nSPS) is 30.3. The van der Waals surface area contributed by atoms with Crippen LogP contribution < -0.4 is 15.0 Å². The Balaban J connectivity index is 1.03. The number of carboxylic acids is 1. The summed E-state index contributed by atoms with van der Waals surface area (Å²) >= 11 is 0. The summed E-state index contributed by atoms with van der Waals surface area (Å²) in [6.07, 6.45) is 5.23. The lowest BCUT2D eigenvalue weighted by molar-refractivity contribution is -0.163. The standard InChI is InChI=1S/C37H41F3N6O5/c1-45-29-4-2-25(15-22(29)17-42-45)51-26-3-5-30-28(16-26)35(6-8-50-9-7-35)19-46(30)34-41-18-27(31(43-34)37(38,39)40)32(47)44-36(33(48)49)23-11-20-10-21(13-23)14-24(36)12-20/h3,5,16-18,20-21,23-25H,2,4,6-15,19H2,1H3,(H,44,47)(H,48,49). The van der Waals surface area contributed by atoms with Gasteiger partial charge in [0, 0.05) is 56.2 Å². The van der Waals surface area contributed by atoms with E-state index < -0.39 is 40.3 Å². The first-order valence-electron chi connectivity index (χ1n) is 18.1. The number of nitrogens with zero attached hydrogens (tertiary/aromatic N) is 5. The number of alkyl halides is 3. The Morgan fingerprint density at radius 2 is 1.78 bits per heavy atom. The van der Waals surface area contributed by atoms with E-state index >= 15 is 0 Å². The van der Waals surface area contributed by atoms with Crippen LogP contribution in [0.25, 0.3) is 0 Å². The van der Waals surface area contributed by atoms with Crippen LogP contribution in [0.5, 0.6) is 5.75 Å². The predicted molar refractivity (Wildman–Crippen MR) is 177 cm³/mol. The number of rotatable bonds is 6. The van der Waals surface area contributed by atoms with Crippen molar-refractivity contribution in [1.82, 2.24) is 25.1 Å². The molecule has 4 bridgehead atoms. The highest BCUT2D eigenvalue weighted by Crippen LogP contribution is 2.58. The minimum Gasteiger partial charge on any atom is -0.490 e. The molecule has 2 aromatic heterocycles. The minimum atomic E-state index is -4.99. The Morgan fingerprint density at radius 1 is 1.06 bits per heavy atom. The number of ether oxygens (including phenoxy) is 2. The molecule has 14 heteroatoms. The van der Waals surface area contributed by atoms with Crippen LogP contribution in [-0.2, 0) is 41.0 Å².